The second kappa shape index (κ2) is 6.67. The number of hydrogen-bond donors (Lipinski definition) is 2. The lowest BCUT2D eigenvalue weighted by Crippen LogP contribution is -2.13. The Morgan fingerprint density at radius 3 is 2.50 bits per heavy atom. The van der Waals surface area contributed by atoms with Crippen molar-refractivity contribution in [3.63, 3.8) is 0 Å². The molecule has 0 spiro atoms. The van der Waals surface area contributed by atoms with E-state index < -0.39 is 0 Å². The number of benzene rings is 2. The smallest absolute Gasteiger partial charge is 0.227 e. The van der Waals surface area contributed by atoms with Crippen molar-refractivity contribution in [3.05, 3.63) is 54.1 Å². The number of hydrogen-bond acceptors (Lipinski definition) is 4. The van der Waals surface area contributed by atoms with Crippen molar-refractivity contribution in [2.24, 2.45) is 5.92 Å². The standard InChI is InChI=1S/C21H21N3O2/c1-13-11-20(22-15-5-8-17(26-2)9-6-15)24-19-10-7-16(12-18(13)19)23-21(25)14-3-4-14/h5-12,14H,3-4H2,1-2H3,(H,22,24)(H,23,25). The minimum absolute atomic E-state index is 0.118. The van der Waals surface area contributed by atoms with E-state index in [1.165, 1.54) is 0 Å². The predicted octanol–water partition coefficient (Wildman–Crippen LogP) is 4.64. The number of anilines is 3. The van der Waals surface area contributed by atoms with E-state index >= 15 is 0 Å². The van der Waals surface area contributed by atoms with E-state index in [0.717, 1.165) is 52.3 Å². The lowest BCUT2D eigenvalue weighted by molar-refractivity contribution is -0.117. The van der Waals surface area contributed by atoms with Gasteiger partial charge in [0, 0.05) is 22.7 Å². The number of ether oxygens (including phenoxy) is 1. The van der Waals surface area contributed by atoms with E-state index in [-0.39, 0.29) is 11.8 Å². The van der Waals surface area contributed by atoms with Crippen LogP contribution in [0.3, 0.4) is 0 Å². The Labute approximate surface area is 152 Å². The summed E-state index contributed by atoms with van der Waals surface area (Å²) in [5.74, 6) is 1.92. The van der Waals surface area contributed by atoms with Gasteiger partial charge in [-0.3, -0.25) is 4.79 Å². The van der Waals surface area contributed by atoms with Gasteiger partial charge in [-0.15, -0.1) is 0 Å². The van der Waals surface area contributed by atoms with Gasteiger partial charge >= 0.3 is 0 Å². The van der Waals surface area contributed by atoms with Crippen LogP contribution in [0.2, 0.25) is 0 Å². The number of nitrogens with one attached hydrogen (secondary N) is 2. The molecule has 0 radical (unpaired) electrons. The largest absolute Gasteiger partial charge is 0.497 e. The zero-order valence-corrected chi connectivity index (χ0v) is 14.9. The Balaban J connectivity index is 1.58. The average Bonchev–Trinajstić information content (AvgIpc) is 3.48. The van der Waals surface area contributed by atoms with Gasteiger partial charge in [0.15, 0.2) is 0 Å². The molecule has 0 bridgehead atoms. The zero-order chi connectivity index (χ0) is 18.1. The summed E-state index contributed by atoms with van der Waals surface area (Å²) in [6.45, 7) is 2.05. The van der Waals surface area contributed by atoms with Crippen molar-refractivity contribution in [2.45, 2.75) is 19.8 Å². The third-order valence-corrected chi connectivity index (χ3v) is 4.59. The monoisotopic (exact) mass is 347 g/mol. The Kier molecular flexibility index (Phi) is 4.21. The molecule has 1 heterocycles. The molecule has 2 N–H and O–H groups in total. The van der Waals surface area contributed by atoms with Gasteiger partial charge in [0.05, 0.1) is 12.6 Å². The lowest BCUT2D eigenvalue weighted by atomic mass is 10.1. The predicted molar refractivity (Wildman–Crippen MR) is 104 cm³/mol. The van der Waals surface area contributed by atoms with Crippen LogP contribution < -0.4 is 15.4 Å². The summed E-state index contributed by atoms with van der Waals surface area (Å²) in [4.78, 5) is 16.6. The van der Waals surface area contributed by atoms with Gasteiger partial charge in [0.25, 0.3) is 0 Å². The van der Waals surface area contributed by atoms with E-state index in [2.05, 4.69) is 22.5 Å². The van der Waals surface area contributed by atoms with Crippen molar-refractivity contribution in [1.82, 2.24) is 4.98 Å². The third kappa shape index (κ3) is 3.47. The van der Waals surface area contributed by atoms with E-state index in [4.69, 9.17) is 4.74 Å². The second-order valence-electron chi connectivity index (χ2n) is 6.67. The summed E-state index contributed by atoms with van der Waals surface area (Å²) < 4.78 is 5.18. The molecule has 5 heteroatoms. The second-order valence-corrected chi connectivity index (χ2v) is 6.67. The van der Waals surface area contributed by atoms with Crippen molar-refractivity contribution >= 4 is 34.0 Å². The summed E-state index contributed by atoms with van der Waals surface area (Å²) in [6, 6.07) is 15.6. The van der Waals surface area contributed by atoms with Crippen molar-refractivity contribution in [1.29, 1.82) is 0 Å². The first-order valence-corrected chi connectivity index (χ1v) is 8.76. The number of aryl methyl sites for hydroxylation is 1. The molecule has 0 aliphatic heterocycles. The van der Waals surface area contributed by atoms with Crippen molar-refractivity contribution in [2.75, 3.05) is 17.7 Å². The van der Waals surface area contributed by atoms with Gasteiger partial charge in [-0.1, -0.05) is 0 Å². The van der Waals surface area contributed by atoms with Crippen LogP contribution in [0.4, 0.5) is 17.2 Å². The molecule has 1 fully saturated rings. The molecule has 0 atom stereocenters. The van der Waals surface area contributed by atoms with Crippen molar-refractivity contribution < 1.29 is 9.53 Å². The number of carbonyl (C=O) groups excluding carboxylic acids is 1. The summed E-state index contributed by atoms with van der Waals surface area (Å²) >= 11 is 0. The molecule has 26 heavy (non-hydrogen) atoms. The van der Waals surface area contributed by atoms with Gasteiger partial charge in [-0.2, -0.15) is 0 Å². The molecule has 1 amide bonds. The number of pyridine rings is 1. The van der Waals surface area contributed by atoms with Crippen LogP contribution >= 0.6 is 0 Å². The highest BCUT2D eigenvalue weighted by Gasteiger charge is 2.29. The van der Waals surface area contributed by atoms with Crippen molar-refractivity contribution in [3.8, 4) is 5.75 Å². The molecular weight excluding hydrogens is 326 g/mol. The number of nitrogens with zero attached hydrogens (tertiary/aromatic N) is 1. The van der Waals surface area contributed by atoms with Crippen LogP contribution in [0.25, 0.3) is 10.9 Å². The highest BCUT2D eigenvalue weighted by molar-refractivity contribution is 5.97. The molecule has 4 rings (SSSR count). The van der Waals surface area contributed by atoms with E-state index in [0.29, 0.717) is 0 Å². The summed E-state index contributed by atoms with van der Waals surface area (Å²) in [7, 11) is 1.65. The fraction of sp³-hybridized carbons (Fsp3) is 0.238. The minimum atomic E-state index is 0.118. The molecule has 1 aliphatic carbocycles. The number of methoxy groups -OCH3 is 1. The number of amides is 1. The Hall–Kier alpha value is -3.08. The molecule has 0 unspecified atom stereocenters. The molecule has 2 aromatic carbocycles. The number of aromatic nitrogens is 1. The molecule has 132 valence electrons. The normalized spacial score (nSPS) is 13.5. The first-order chi connectivity index (χ1) is 12.6. The fourth-order valence-electron chi connectivity index (χ4n) is 2.95. The Morgan fingerprint density at radius 2 is 1.81 bits per heavy atom. The molecule has 3 aromatic rings. The van der Waals surface area contributed by atoms with Gasteiger partial charge in [-0.05, 0) is 73.9 Å². The van der Waals surface area contributed by atoms with Gasteiger partial charge in [-0.25, -0.2) is 4.98 Å². The molecule has 1 aliphatic rings. The van der Waals surface area contributed by atoms with Gasteiger partial charge < -0.3 is 15.4 Å². The molecule has 1 aromatic heterocycles. The van der Waals surface area contributed by atoms with Crippen LogP contribution in [0.1, 0.15) is 18.4 Å². The number of rotatable bonds is 5. The molecule has 5 nitrogen and oxygen atoms in total. The summed E-state index contributed by atoms with van der Waals surface area (Å²) in [5.41, 5.74) is 3.78. The van der Waals surface area contributed by atoms with Crippen LogP contribution in [0.15, 0.2) is 48.5 Å². The van der Waals surface area contributed by atoms with E-state index in [1.807, 2.05) is 48.5 Å². The minimum Gasteiger partial charge on any atom is -0.497 e. The topological polar surface area (TPSA) is 63.2 Å². The maximum atomic E-state index is 12.0. The summed E-state index contributed by atoms with van der Waals surface area (Å²) in [6.07, 6.45) is 2.00. The lowest BCUT2D eigenvalue weighted by Gasteiger charge is -2.11. The number of carbonyl (C=O) groups is 1. The SMILES string of the molecule is COc1ccc(Nc2cc(C)c3cc(NC(=O)C4CC4)ccc3n2)cc1. The van der Waals surface area contributed by atoms with Crippen LogP contribution in [0.5, 0.6) is 5.75 Å². The first-order valence-electron chi connectivity index (χ1n) is 8.76. The van der Waals surface area contributed by atoms with Gasteiger partial charge in [0.1, 0.15) is 11.6 Å². The first kappa shape index (κ1) is 16.4. The Bertz CT molecular complexity index is 963. The maximum absolute atomic E-state index is 12.0. The number of fused-ring (bicyclic) bond motifs is 1. The molecular formula is C21H21N3O2. The molecule has 0 saturated heterocycles. The van der Waals surface area contributed by atoms with Gasteiger partial charge in [0.2, 0.25) is 5.91 Å². The van der Waals surface area contributed by atoms with Crippen LogP contribution in [0, 0.1) is 12.8 Å². The molecule has 1 saturated carbocycles. The van der Waals surface area contributed by atoms with E-state index in [9.17, 15) is 4.79 Å². The third-order valence-electron chi connectivity index (χ3n) is 4.59. The zero-order valence-electron chi connectivity index (χ0n) is 14.9. The highest BCUT2D eigenvalue weighted by Crippen LogP contribution is 2.31. The highest BCUT2D eigenvalue weighted by atomic mass is 16.5. The van der Waals surface area contributed by atoms with Crippen LogP contribution in [-0.4, -0.2) is 18.0 Å². The Morgan fingerprint density at radius 1 is 1.08 bits per heavy atom. The quantitative estimate of drug-likeness (QED) is 0.705. The fourth-order valence-corrected chi connectivity index (χ4v) is 2.95. The maximum Gasteiger partial charge on any atom is 0.227 e. The van der Waals surface area contributed by atoms with E-state index in [1.54, 1.807) is 7.11 Å². The van der Waals surface area contributed by atoms with Crippen LogP contribution in [-0.2, 0) is 4.79 Å². The average molecular weight is 347 g/mol. The summed E-state index contributed by atoms with van der Waals surface area (Å²) in [5, 5.41) is 7.36.